The second kappa shape index (κ2) is 7.63. The fourth-order valence-corrected chi connectivity index (χ4v) is 3.83. The maximum atomic E-state index is 12.2. The highest BCUT2D eigenvalue weighted by atomic mass is 32.2. The molecule has 0 amide bonds. The van der Waals surface area contributed by atoms with E-state index in [2.05, 4.69) is 14.6 Å². The lowest BCUT2D eigenvalue weighted by Crippen LogP contribution is -2.39. The minimum atomic E-state index is -3.36. The largest absolute Gasteiger partial charge is 0.492 e. The van der Waals surface area contributed by atoms with Gasteiger partial charge in [0.2, 0.25) is 10.0 Å². The molecule has 0 aliphatic carbocycles. The van der Waals surface area contributed by atoms with Gasteiger partial charge in [0.25, 0.3) is 0 Å². The number of aromatic nitrogens is 1. The zero-order valence-electron chi connectivity index (χ0n) is 13.3. The number of rotatable bonds is 7. The van der Waals surface area contributed by atoms with Gasteiger partial charge in [-0.25, -0.2) is 18.1 Å². The topological polar surface area (TPSA) is 71.5 Å². The third kappa shape index (κ3) is 4.69. The van der Waals surface area contributed by atoms with Gasteiger partial charge in [-0.3, -0.25) is 0 Å². The van der Waals surface area contributed by atoms with E-state index >= 15 is 0 Å². The average Bonchev–Trinajstić information content (AvgIpc) is 3.04. The maximum Gasteiger partial charge on any atom is 0.215 e. The van der Waals surface area contributed by atoms with E-state index in [9.17, 15) is 8.42 Å². The summed E-state index contributed by atoms with van der Waals surface area (Å²) in [6, 6.07) is 14.9. The maximum absolute atomic E-state index is 12.2. The number of para-hydroxylation sites is 1. The first-order chi connectivity index (χ1) is 11.6. The number of hydrogen-bond acceptors (Lipinski definition) is 5. The van der Waals surface area contributed by atoms with E-state index in [0.29, 0.717) is 12.3 Å². The molecule has 2 aromatic rings. The minimum Gasteiger partial charge on any atom is -0.492 e. The Hall–Kier alpha value is -2.12. The molecule has 24 heavy (non-hydrogen) atoms. The number of sulfonamides is 1. The van der Waals surface area contributed by atoms with Gasteiger partial charge >= 0.3 is 0 Å². The second-order valence-corrected chi connectivity index (χ2v) is 7.59. The highest BCUT2D eigenvalue weighted by Crippen LogP contribution is 2.17. The molecule has 7 heteroatoms. The SMILES string of the molecule is O=S(=O)(CCOc1ccccc1)NC1CCN(c2ccccn2)C1. The Labute approximate surface area is 142 Å². The Kier molecular flexibility index (Phi) is 5.32. The lowest BCUT2D eigenvalue weighted by Gasteiger charge is -2.17. The molecule has 1 N–H and O–H groups in total. The van der Waals surface area contributed by atoms with E-state index in [0.717, 1.165) is 18.8 Å². The first-order valence-corrected chi connectivity index (χ1v) is 9.61. The molecule has 1 aliphatic heterocycles. The highest BCUT2D eigenvalue weighted by molar-refractivity contribution is 7.89. The van der Waals surface area contributed by atoms with Crippen LogP contribution < -0.4 is 14.4 Å². The molecule has 1 aromatic carbocycles. The van der Waals surface area contributed by atoms with Crippen molar-refractivity contribution < 1.29 is 13.2 Å². The van der Waals surface area contributed by atoms with E-state index in [4.69, 9.17) is 4.74 Å². The van der Waals surface area contributed by atoms with Crippen LogP contribution in [0.3, 0.4) is 0 Å². The summed E-state index contributed by atoms with van der Waals surface area (Å²) in [7, 11) is -3.36. The summed E-state index contributed by atoms with van der Waals surface area (Å²) in [5, 5.41) is 0. The Morgan fingerprint density at radius 1 is 1.17 bits per heavy atom. The molecule has 0 saturated carbocycles. The van der Waals surface area contributed by atoms with Crippen LogP contribution in [0.15, 0.2) is 54.7 Å². The van der Waals surface area contributed by atoms with Gasteiger partial charge in [0.05, 0.1) is 5.75 Å². The summed E-state index contributed by atoms with van der Waals surface area (Å²) in [4.78, 5) is 6.39. The number of ether oxygens (including phenoxy) is 1. The smallest absolute Gasteiger partial charge is 0.215 e. The van der Waals surface area contributed by atoms with Gasteiger partial charge in [0.15, 0.2) is 0 Å². The fraction of sp³-hybridized carbons (Fsp3) is 0.353. The second-order valence-electron chi connectivity index (χ2n) is 5.72. The Bertz CT molecular complexity index is 738. The first-order valence-electron chi connectivity index (χ1n) is 7.96. The molecule has 1 aliphatic rings. The summed E-state index contributed by atoms with van der Waals surface area (Å²) in [6.45, 7) is 1.57. The zero-order chi connectivity index (χ0) is 16.8. The zero-order valence-corrected chi connectivity index (χ0v) is 14.2. The molecule has 128 valence electrons. The van der Waals surface area contributed by atoms with Crippen molar-refractivity contribution in [2.45, 2.75) is 12.5 Å². The number of anilines is 1. The van der Waals surface area contributed by atoms with Gasteiger partial charge in [-0.05, 0) is 30.7 Å². The van der Waals surface area contributed by atoms with Gasteiger partial charge in [0, 0.05) is 25.3 Å². The van der Waals surface area contributed by atoms with Crippen molar-refractivity contribution >= 4 is 15.8 Å². The molecular formula is C17H21N3O3S. The van der Waals surface area contributed by atoms with E-state index in [1.807, 2.05) is 48.5 Å². The van der Waals surface area contributed by atoms with Gasteiger partial charge in [-0.2, -0.15) is 0 Å². The first kappa shape index (κ1) is 16.7. The van der Waals surface area contributed by atoms with Crippen molar-refractivity contribution in [2.75, 3.05) is 30.3 Å². The van der Waals surface area contributed by atoms with Crippen LogP contribution in [0.2, 0.25) is 0 Å². The summed E-state index contributed by atoms with van der Waals surface area (Å²) in [6.07, 6.45) is 2.52. The molecule has 0 spiro atoms. The third-order valence-corrected chi connectivity index (χ3v) is 5.27. The van der Waals surface area contributed by atoms with Crippen LogP contribution in [0, 0.1) is 0 Å². The van der Waals surface area contributed by atoms with Crippen molar-refractivity contribution in [3.63, 3.8) is 0 Å². The lowest BCUT2D eigenvalue weighted by atomic mass is 10.3. The fourth-order valence-electron chi connectivity index (χ4n) is 2.70. The summed E-state index contributed by atoms with van der Waals surface area (Å²) in [5.74, 6) is 1.50. The van der Waals surface area contributed by atoms with Crippen LogP contribution >= 0.6 is 0 Å². The van der Waals surface area contributed by atoms with E-state index in [-0.39, 0.29) is 18.4 Å². The van der Waals surface area contributed by atoms with Gasteiger partial charge in [-0.15, -0.1) is 0 Å². The molecule has 6 nitrogen and oxygen atoms in total. The molecule has 1 fully saturated rings. The molecule has 1 saturated heterocycles. The molecular weight excluding hydrogens is 326 g/mol. The normalized spacial score (nSPS) is 17.8. The third-order valence-electron chi connectivity index (χ3n) is 3.87. The molecule has 0 radical (unpaired) electrons. The van der Waals surface area contributed by atoms with Gasteiger partial charge in [0.1, 0.15) is 18.2 Å². The van der Waals surface area contributed by atoms with Crippen molar-refractivity contribution in [3.8, 4) is 5.75 Å². The molecule has 3 rings (SSSR count). The molecule has 1 unspecified atom stereocenters. The number of hydrogen-bond donors (Lipinski definition) is 1. The predicted molar refractivity (Wildman–Crippen MR) is 93.7 cm³/mol. The van der Waals surface area contributed by atoms with Crippen molar-refractivity contribution in [1.29, 1.82) is 0 Å². The van der Waals surface area contributed by atoms with Crippen molar-refractivity contribution in [3.05, 3.63) is 54.7 Å². The Balaban J connectivity index is 1.47. The minimum absolute atomic E-state index is 0.0536. The monoisotopic (exact) mass is 347 g/mol. The van der Waals surface area contributed by atoms with Crippen LogP contribution in [0.1, 0.15) is 6.42 Å². The van der Waals surface area contributed by atoms with Crippen LogP contribution in [0.25, 0.3) is 0 Å². The number of nitrogens with one attached hydrogen (secondary N) is 1. The highest BCUT2D eigenvalue weighted by Gasteiger charge is 2.27. The van der Waals surface area contributed by atoms with E-state index < -0.39 is 10.0 Å². The Morgan fingerprint density at radius 3 is 2.71 bits per heavy atom. The van der Waals surface area contributed by atoms with Crippen LogP contribution in [-0.2, 0) is 10.0 Å². The van der Waals surface area contributed by atoms with Crippen LogP contribution in [0.4, 0.5) is 5.82 Å². The predicted octanol–water partition coefficient (Wildman–Crippen LogP) is 1.66. The van der Waals surface area contributed by atoms with Crippen molar-refractivity contribution in [1.82, 2.24) is 9.71 Å². The quantitative estimate of drug-likeness (QED) is 0.825. The van der Waals surface area contributed by atoms with E-state index in [1.165, 1.54) is 0 Å². The van der Waals surface area contributed by atoms with Crippen molar-refractivity contribution in [2.24, 2.45) is 0 Å². The molecule has 1 atom stereocenters. The van der Waals surface area contributed by atoms with E-state index in [1.54, 1.807) is 6.20 Å². The van der Waals surface area contributed by atoms with Crippen LogP contribution in [-0.4, -0.2) is 44.9 Å². The summed E-state index contributed by atoms with van der Waals surface area (Å²) < 4.78 is 32.6. The van der Waals surface area contributed by atoms with Gasteiger partial charge < -0.3 is 9.64 Å². The number of nitrogens with zero attached hydrogens (tertiary/aromatic N) is 2. The Morgan fingerprint density at radius 2 is 1.96 bits per heavy atom. The lowest BCUT2D eigenvalue weighted by molar-refractivity contribution is 0.340. The summed E-state index contributed by atoms with van der Waals surface area (Å²) >= 11 is 0. The molecule has 1 aromatic heterocycles. The molecule has 2 heterocycles. The molecule has 0 bridgehead atoms. The standard InChI is InChI=1S/C17H21N3O3S/c21-24(22,13-12-23-16-6-2-1-3-7-16)19-15-9-11-20(14-15)17-8-4-5-10-18-17/h1-8,10,15,19H,9,11-14H2. The number of pyridine rings is 1. The van der Waals surface area contributed by atoms with Crippen LogP contribution in [0.5, 0.6) is 5.75 Å². The van der Waals surface area contributed by atoms with Gasteiger partial charge in [-0.1, -0.05) is 24.3 Å². The average molecular weight is 347 g/mol. The number of benzene rings is 1. The summed E-state index contributed by atoms with van der Waals surface area (Å²) in [5.41, 5.74) is 0.